The number of fused-ring (bicyclic) bond motifs is 1. The van der Waals surface area contributed by atoms with Crippen LogP contribution in [0.4, 0.5) is 13.2 Å². The highest BCUT2D eigenvalue weighted by Gasteiger charge is 2.33. The predicted octanol–water partition coefficient (Wildman–Crippen LogP) is 1.72. The Bertz CT molecular complexity index is 619. The summed E-state index contributed by atoms with van der Waals surface area (Å²) < 4.78 is 43.2. The number of hydrogen-bond donors (Lipinski definition) is 0. The van der Waals surface area contributed by atoms with Gasteiger partial charge < -0.3 is 4.74 Å². The van der Waals surface area contributed by atoms with E-state index in [9.17, 15) is 18.0 Å². The maximum absolute atomic E-state index is 12.4. The molecule has 4 nitrogen and oxygen atoms in total. The Kier molecular flexibility index (Phi) is 2.53. The zero-order valence-corrected chi connectivity index (χ0v) is 8.65. The largest absolute Gasteiger partial charge is 0.497 e. The average Bonchev–Trinajstić information content (AvgIpc) is 2.27. The van der Waals surface area contributed by atoms with Gasteiger partial charge in [-0.3, -0.25) is 9.20 Å². The van der Waals surface area contributed by atoms with Gasteiger partial charge in [-0.25, -0.2) is 4.98 Å². The number of aromatic nitrogens is 2. The molecule has 0 unspecified atom stereocenters. The fourth-order valence-electron chi connectivity index (χ4n) is 1.36. The molecule has 0 aliphatic carbocycles. The monoisotopic (exact) mass is 244 g/mol. The molecule has 2 aromatic rings. The maximum atomic E-state index is 12.4. The smallest absolute Gasteiger partial charge is 0.433 e. The Balaban J connectivity index is 2.75. The van der Waals surface area contributed by atoms with Gasteiger partial charge in [0.2, 0.25) is 0 Å². The lowest BCUT2D eigenvalue weighted by Crippen LogP contribution is -2.19. The minimum absolute atomic E-state index is 0.107. The zero-order chi connectivity index (χ0) is 12.6. The van der Waals surface area contributed by atoms with Crippen LogP contribution in [0, 0.1) is 0 Å². The van der Waals surface area contributed by atoms with E-state index in [-0.39, 0.29) is 5.65 Å². The van der Waals surface area contributed by atoms with E-state index in [4.69, 9.17) is 4.74 Å². The summed E-state index contributed by atoms with van der Waals surface area (Å²) in [6.45, 7) is 0. The molecular weight excluding hydrogens is 237 g/mol. The third-order valence-electron chi connectivity index (χ3n) is 2.16. The van der Waals surface area contributed by atoms with Gasteiger partial charge in [-0.15, -0.1) is 0 Å². The van der Waals surface area contributed by atoms with Gasteiger partial charge in [-0.1, -0.05) is 0 Å². The van der Waals surface area contributed by atoms with E-state index in [0.717, 1.165) is 4.40 Å². The van der Waals surface area contributed by atoms with Crippen LogP contribution in [-0.4, -0.2) is 16.5 Å². The minimum Gasteiger partial charge on any atom is -0.497 e. The van der Waals surface area contributed by atoms with E-state index in [1.54, 1.807) is 0 Å². The standard InChI is InChI=1S/C10H7F3N2O2/c1-17-6-2-3-15-8(4-6)14-7(5-9(15)16)10(11,12)13/h2-5H,1H3. The number of rotatable bonds is 1. The molecule has 2 aromatic heterocycles. The summed E-state index contributed by atoms with van der Waals surface area (Å²) in [5.74, 6) is 0.330. The van der Waals surface area contributed by atoms with Crippen molar-refractivity contribution in [2.75, 3.05) is 7.11 Å². The molecule has 0 aliphatic heterocycles. The second-order valence-electron chi connectivity index (χ2n) is 3.27. The molecule has 0 spiro atoms. The third kappa shape index (κ3) is 2.08. The van der Waals surface area contributed by atoms with Crippen molar-refractivity contribution in [3.05, 3.63) is 40.4 Å². The van der Waals surface area contributed by atoms with E-state index in [0.29, 0.717) is 11.8 Å². The fourth-order valence-corrected chi connectivity index (χ4v) is 1.36. The highest BCUT2D eigenvalue weighted by molar-refractivity contribution is 5.44. The fraction of sp³-hybridized carbons (Fsp3) is 0.200. The molecule has 90 valence electrons. The van der Waals surface area contributed by atoms with Gasteiger partial charge in [0.1, 0.15) is 11.4 Å². The molecule has 0 N–H and O–H groups in total. The van der Waals surface area contributed by atoms with Crippen molar-refractivity contribution < 1.29 is 17.9 Å². The van der Waals surface area contributed by atoms with Crippen LogP contribution in [0.1, 0.15) is 5.69 Å². The van der Waals surface area contributed by atoms with Crippen molar-refractivity contribution in [1.82, 2.24) is 9.38 Å². The van der Waals surface area contributed by atoms with Crippen molar-refractivity contribution in [2.24, 2.45) is 0 Å². The first-order chi connectivity index (χ1) is 7.91. The molecule has 0 atom stereocenters. The quantitative estimate of drug-likeness (QED) is 0.767. The van der Waals surface area contributed by atoms with Gasteiger partial charge in [0.15, 0.2) is 5.69 Å². The molecule has 2 rings (SSSR count). The molecule has 0 radical (unpaired) electrons. The first-order valence-corrected chi connectivity index (χ1v) is 4.56. The number of alkyl halides is 3. The molecule has 0 saturated heterocycles. The topological polar surface area (TPSA) is 43.6 Å². The number of ether oxygens (including phenoxy) is 1. The Morgan fingerprint density at radius 1 is 1.35 bits per heavy atom. The van der Waals surface area contributed by atoms with E-state index < -0.39 is 17.4 Å². The zero-order valence-electron chi connectivity index (χ0n) is 8.65. The summed E-state index contributed by atoms with van der Waals surface area (Å²) in [5, 5.41) is 0. The van der Waals surface area contributed by atoms with Crippen LogP contribution in [0.25, 0.3) is 5.65 Å². The van der Waals surface area contributed by atoms with Gasteiger partial charge in [-0.2, -0.15) is 13.2 Å². The second-order valence-corrected chi connectivity index (χ2v) is 3.27. The predicted molar refractivity (Wildman–Crippen MR) is 53.0 cm³/mol. The minimum atomic E-state index is -4.64. The molecule has 0 aromatic carbocycles. The van der Waals surface area contributed by atoms with Gasteiger partial charge in [0, 0.05) is 18.3 Å². The summed E-state index contributed by atoms with van der Waals surface area (Å²) in [6.07, 6.45) is -3.33. The molecular formula is C10H7F3N2O2. The molecule has 0 fully saturated rings. The van der Waals surface area contributed by atoms with Crippen LogP contribution in [0.3, 0.4) is 0 Å². The van der Waals surface area contributed by atoms with Gasteiger partial charge >= 0.3 is 6.18 Å². The highest BCUT2D eigenvalue weighted by Crippen LogP contribution is 2.27. The number of halogens is 3. The molecule has 0 amide bonds. The molecule has 2 heterocycles. The van der Waals surface area contributed by atoms with Crippen LogP contribution < -0.4 is 10.3 Å². The van der Waals surface area contributed by atoms with E-state index in [2.05, 4.69) is 4.98 Å². The number of hydrogen-bond acceptors (Lipinski definition) is 3. The lowest BCUT2D eigenvalue weighted by molar-refractivity contribution is -0.141. The summed E-state index contributed by atoms with van der Waals surface area (Å²) >= 11 is 0. The Labute approximate surface area is 93.3 Å². The molecule has 17 heavy (non-hydrogen) atoms. The SMILES string of the molecule is COc1ccn2c(=O)cc(C(F)(F)F)nc2c1. The Morgan fingerprint density at radius 2 is 2.06 bits per heavy atom. The average molecular weight is 244 g/mol. The van der Waals surface area contributed by atoms with E-state index in [1.165, 1.54) is 25.4 Å². The number of methoxy groups -OCH3 is 1. The number of pyridine rings is 1. The number of nitrogens with zero attached hydrogens (tertiary/aromatic N) is 2. The first-order valence-electron chi connectivity index (χ1n) is 4.56. The van der Waals surface area contributed by atoms with Crippen molar-refractivity contribution >= 4 is 5.65 Å². The lowest BCUT2D eigenvalue weighted by atomic mass is 10.3. The Morgan fingerprint density at radius 3 is 2.65 bits per heavy atom. The van der Waals surface area contributed by atoms with Gasteiger partial charge in [0.05, 0.1) is 7.11 Å². The van der Waals surface area contributed by atoms with Crippen molar-refractivity contribution in [3.63, 3.8) is 0 Å². The van der Waals surface area contributed by atoms with Crippen LogP contribution in [0.15, 0.2) is 29.2 Å². The van der Waals surface area contributed by atoms with Crippen LogP contribution in [0.5, 0.6) is 5.75 Å². The van der Waals surface area contributed by atoms with Gasteiger partial charge in [-0.05, 0) is 6.07 Å². The van der Waals surface area contributed by atoms with E-state index >= 15 is 0 Å². The molecule has 0 aliphatic rings. The van der Waals surface area contributed by atoms with Crippen LogP contribution in [0.2, 0.25) is 0 Å². The lowest BCUT2D eigenvalue weighted by Gasteiger charge is -2.07. The summed E-state index contributed by atoms with van der Waals surface area (Å²) in [5.41, 5.74) is -2.11. The molecule has 0 bridgehead atoms. The highest BCUT2D eigenvalue weighted by atomic mass is 19.4. The Hall–Kier alpha value is -2.05. The van der Waals surface area contributed by atoms with E-state index in [1.807, 2.05) is 0 Å². The van der Waals surface area contributed by atoms with Crippen molar-refractivity contribution in [3.8, 4) is 5.75 Å². The summed E-state index contributed by atoms with van der Waals surface area (Å²) in [4.78, 5) is 14.8. The van der Waals surface area contributed by atoms with Crippen LogP contribution >= 0.6 is 0 Å². The summed E-state index contributed by atoms with van der Waals surface area (Å²) in [6, 6.07) is 3.18. The second kappa shape index (κ2) is 3.76. The summed E-state index contributed by atoms with van der Waals surface area (Å²) in [7, 11) is 1.37. The normalized spacial score (nSPS) is 11.8. The third-order valence-corrected chi connectivity index (χ3v) is 2.16. The van der Waals surface area contributed by atoms with Gasteiger partial charge in [0.25, 0.3) is 5.56 Å². The van der Waals surface area contributed by atoms with Crippen molar-refractivity contribution in [2.45, 2.75) is 6.18 Å². The first kappa shape index (κ1) is 11.4. The maximum Gasteiger partial charge on any atom is 0.433 e. The molecule has 0 saturated carbocycles. The molecule has 7 heteroatoms. The van der Waals surface area contributed by atoms with Crippen LogP contribution in [-0.2, 0) is 6.18 Å². The van der Waals surface area contributed by atoms with Crippen molar-refractivity contribution in [1.29, 1.82) is 0 Å².